The fraction of sp³-hybridized carbons (Fsp3) is 0.500. The Balaban J connectivity index is 1.38. The van der Waals surface area contributed by atoms with Gasteiger partial charge in [0.05, 0.1) is 12.3 Å². The number of hydrogen-bond donors (Lipinski definition) is 1. The Bertz CT molecular complexity index is 836. The second kappa shape index (κ2) is 8.76. The smallest absolute Gasteiger partial charge is 0.227 e. The molecule has 1 aliphatic carbocycles. The average Bonchev–Trinajstić information content (AvgIpc) is 2.75. The molecule has 1 saturated carbocycles. The lowest BCUT2D eigenvalue weighted by molar-refractivity contribution is -0.135. The summed E-state index contributed by atoms with van der Waals surface area (Å²) in [6.45, 7) is 1.32. The molecule has 0 bridgehead atoms. The SMILES string of the molecule is O=C(NC1CCCCC1)C1CCCN(C(=O)Cc2cccc3ccccc23)C1. The third-order valence-electron chi connectivity index (χ3n) is 6.32. The van der Waals surface area contributed by atoms with E-state index in [0.717, 1.165) is 48.6 Å². The summed E-state index contributed by atoms with van der Waals surface area (Å²) < 4.78 is 0. The highest BCUT2D eigenvalue weighted by Crippen LogP contribution is 2.23. The highest BCUT2D eigenvalue weighted by molar-refractivity contribution is 5.90. The lowest BCUT2D eigenvalue weighted by Crippen LogP contribution is -2.48. The van der Waals surface area contributed by atoms with Gasteiger partial charge in [-0.25, -0.2) is 0 Å². The van der Waals surface area contributed by atoms with Crippen LogP contribution < -0.4 is 5.32 Å². The topological polar surface area (TPSA) is 49.4 Å². The molecule has 4 nitrogen and oxygen atoms in total. The van der Waals surface area contributed by atoms with Crippen molar-refractivity contribution in [2.24, 2.45) is 5.92 Å². The summed E-state index contributed by atoms with van der Waals surface area (Å²) in [5.41, 5.74) is 1.07. The number of piperidine rings is 1. The van der Waals surface area contributed by atoms with Crippen LogP contribution in [0.2, 0.25) is 0 Å². The maximum absolute atomic E-state index is 13.0. The number of amides is 2. The summed E-state index contributed by atoms with van der Waals surface area (Å²) in [6, 6.07) is 14.7. The van der Waals surface area contributed by atoms with Crippen LogP contribution in [0.3, 0.4) is 0 Å². The minimum atomic E-state index is -0.0628. The van der Waals surface area contributed by atoms with Crippen LogP contribution in [-0.4, -0.2) is 35.8 Å². The predicted octanol–water partition coefficient (Wildman–Crippen LogP) is 4.07. The summed E-state index contributed by atoms with van der Waals surface area (Å²) in [6.07, 6.45) is 8.10. The minimum Gasteiger partial charge on any atom is -0.353 e. The molecule has 148 valence electrons. The molecule has 1 heterocycles. The summed E-state index contributed by atoms with van der Waals surface area (Å²) in [5.74, 6) is 0.216. The molecule has 2 aromatic carbocycles. The highest BCUT2D eigenvalue weighted by Gasteiger charge is 2.29. The van der Waals surface area contributed by atoms with E-state index in [4.69, 9.17) is 0 Å². The van der Waals surface area contributed by atoms with Crippen LogP contribution in [-0.2, 0) is 16.0 Å². The maximum Gasteiger partial charge on any atom is 0.227 e. The molecule has 1 unspecified atom stereocenters. The monoisotopic (exact) mass is 378 g/mol. The second-order valence-corrected chi connectivity index (χ2v) is 8.34. The van der Waals surface area contributed by atoms with Crippen molar-refractivity contribution in [3.63, 3.8) is 0 Å². The van der Waals surface area contributed by atoms with Gasteiger partial charge in [-0.3, -0.25) is 9.59 Å². The molecular weight excluding hydrogens is 348 g/mol. The van der Waals surface area contributed by atoms with Gasteiger partial charge in [0.25, 0.3) is 0 Å². The van der Waals surface area contributed by atoms with Gasteiger partial charge in [0.15, 0.2) is 0 Å². The average molecular weight is 379 g/mol. The molecule has 1 aliphatic heterocycles. The van der Waals surface area contributed by atoms with Crippen molar-refractivity contribution in [2.45, 2.75) is 57.4 Å². The van der Waals surface area contributed by atoms with Crippen molar-refractivity contribution in [2.75, 3.05) is 13.1 Å². The Labute approximate surface area is 167 Å². The molecule has 0 aromatic heterocycles. The Morgan fingerprint density at radius 2 is 1.71 bits per heavy atom. The standard InChI is InChI=1S/C24H30N2O2/c27-23(16-19-10-6-9-18-8-4-5-14-22(18)19)26-15-7-11-20(17-26)24(28)25-21-12-2-1-3-13-21/h4-6,8-10,14,20-21H,1-3,7,11-13,15-17H2,(H,25,28). The van der Waals surface area contributed by atoms with E-state index in [1.807, 2.05) is 29.2 Å². The number of hydrogen-bond acceptors (Lipinski definition) is 2. The Morgan fingerprint density at radius 1 is 0.929 bits per heavy atom. The minimum absolute atomic E-state index is 0.0628. The van der Waals surface area contributed by atoms with Gasteiger partial charge in [-0.05, 0) is 42.0 Å². The summed E-state index contributed by atoms with van der Waals surface area (Å²) in [7, 11) is 0. The zero-order valence-corrected chi connectivity index (χ0v) is 16.5. The molecule has 4 heteroatoms. The number of carbonyl (C=O) groups excluding carboxylic acids is 2. The van der Waals surface area contributed by atoms with Crippen molar-refractivity contribution in [3.8, 4) is 0 Å². The number of carbonyl (C=O) groups is 2. The van der Waals surface area contributed by atoms with Crippen LogP contribution >= 0.6 is 0 Å². The zero-order chi connectivity index (χ0) is 19.3. The van der Waals surface area contributed by atoms with Crippen LogP contribution in [0.25, 0.3) is 10.8 Å². The number of nitrogens with zero attached hydrogens (tertiary/aromatic N) is 1. The van der Waals surface area contributed by atoms with Gasteiger partial charge in [0, 0.05) is 19.1 Å². The summed E-state index contributed by atoms with van der Waals surface area (Å²) in [5, 5.41) is 5.55. The van der Waals surface area contributed by atoms with Gasteiger partial charge in [0.2, 0.25) is 11.8 Å². The van der Waals surface area contributed by atoms with E-state index in [-0.39, 0.29) is 17.7 Å². The number of nitrogens with one attached hydrogen (secondary N) is 1. The van der Waals surface area contributed by atoms with Gasteiger partial charge < -0.3 is 10.2 Å². The molecule has 2 aromatic rings. The number of likely N-dealkylation sites (tertiary alicyclic amines) is 1. The second-order valence-electron chi connectivity index (χ2n) is 8.34. The first-order valence-electron chi connectivity index (χ1n) is 10.8. The highest BCUT2D eigenvalue weighted by atomic mass is 16.2. The lowest BCUT2D eigenvalue weighted by Gasteiger charge is -2.33. The van der Waals surface area contributed by atoms with Crippen molar-refractivity contribution >= 4 is 22.6 Å². The number of rotatable bonds is 4. The first kappa shape index (κ1) is 19.0. The normalized spacial score (nSPS) is 20.9. The van der Waals surface area contributed by atoms with Gasteiger partial charge in [-0.15, -0.1) is 0 Å². The van der Waals surface area contributed by atoms with E-state index >= 15 is 0 Å². The molecule has 1 atom stereocenters. The molecule has 1 saturated heterocycles. The zero-order valence-electron chi connectivity index (χ0n) is 16.5. The van der Waals surface area contributed by atoms with E-state index in [2.05, 4.69) is 23.5 Å². The maximum atomic E-state index is 13.0. The third kappa shape index (κ3) is 4.37. The van der Waals surface area contributed by atoms with Crippen LogP contribution in [0.4, 0.5) is 0 Å². The van der Waals surface area contributed by atoms with E-state index < -0.39 is 0 Å². The fourth-order valence-electron chi connectivity index (χ4n) is 4.71. The molecule has 1 N–H and O–H groups in total. The Kier molecular flexibility index (Phi) is 5.94. The molecule has 0 spiro atoms. The molecule has 0 radical (unpaired) electrons. The largest absolute Gasteiger partial charge is 0.353 e. The summed E-state index contributed by atoms with van der Waals surface area (Å²) >= 11 is 0. The first-order valence-corrected chi connectivity index (χ1v) is 10.8. The predicted molar refractivity (Wildman–Crippen MR) is 112 cm³/mol. The first-order chi connectivity index (χ1) is 13.7. The Hall–Kier alpha value is -2.36. The van der Waals surface area contributed by atoms with Crippen molar-refractivity contribution < 1.29 is 9.59 Å². The number of fused-ring (bicyclic) bond motifs is 1. The van der Waals surface area contributed by atoms with E-state index in [1.54, 1.807) is 0 Å². The van der Waals surface area contributed by atoms with Crippen LogP contribution in [0.1, 0.15) is 50.5 Å². The molecule has 2 fully saturated rings. The van der Waals surface area contributed by atoms with Crippen molar-refractivity contribution in [3.05, 3.63) is 48.0 Å². The van der Waals surface area contributed by atoms with E-state index in [0.29, 0.717) is 19.0 Å². The Morgan fingerprint density at radius 3 is 2.57 bits per heavy atom. The fourth-order valence-corrected chi connectivity index (χ4v) is 4.71. The van der Waals surface area contributed by atoms with Crippen LogP contribution in [0.5, 0.6) is 0 Å². The van der Waals surface area contributed by atoms with Gasteiger partial charge in [-0.2, -0.15) is 0 Å². The summed E-state index contributed by atoms with van der Waals surface area (Å²) in [4.78, 5) is 27.6. The van der Waals surface area contributed by atoms with Gasteiger partial charge in [0.1, 0.15) is 0 Å². The molecule has 28 heavy (non-hydrogen) atoms. The molecule has 2 amide bonds. The van der Waals surface area contributed by atoms with Crippen LogP contribution in [0.15, 0.2) is 42.5 Å². The number of benzene rings is 2. The van der Waals surface area contributed by atoms with Crippen molar-refractivity contribution in [1.82, 2.24) is 10.2 Å². The van der Waals surface area contributed by atoms with Gasteiger partial charge in [-0.1, -0.05) is 61.7 Å². The van der Waals surface area contributed by atoms with Crippen molar-refractivity contribution in [1.29, 1.82) is 0 Å². The third-order valence-corrected chi connectivity index (χ3v) is 6.32. The van der Waals surface area contributed by atoms with E-state index in [9.17, 15) is 9.59 Å². The van der Waals surface area contributed by atoms with Crippen LogP contribution in [0, 0.1) is 5.92 Å². The molecule has 2 aliphatic rings. The van der Waals surface area contributed by atoms with E-state index in [1.165, 1.54) is 19.3 Å². The van der Waals surface area contributed by atoms with Gasteiger partial charge >= 0.3 is 0 Å². The molecular formula is C24H30N2O2. The lowest BCUT2D eigenvalue weighted by atomic mass is 9.92. The molecule has 4 rings (SSSR count). The quantitative estimate of drug-likeness (QED) is 0.872.